The van der Waals surface area contributed by atoms with Crippen LogP contribution >= 0.6 is 0 Å². The summed E-state index contributed by atoms with van der Waals surface area (Å²) in [6.45, 7) is 4.54. The molecule has 0 fully saturated rings. The van der Waals surface area contributed by atoms with Gasteiger partial charge in [-0.05, 0) is 19.2 Å². The van der Waals surface area contributed by atoms with Gasteiger partial charge in [0, 0.05) is 0 Å². The first kappa shape index (κ1) is 10.2. The molecular weight excluding hydrogens is 162 g/mol. The van der Waals surface area contributed by atoms with Gasteiger partial charge in [0.1, 0.15) is 0 Å². The zero-order chi connectivity index (χ0) is 9.52. The van der Waals surface area contributed by atoms with E-state index in [2.05, 4.69) is 24.0 Å². The van der Waals surface area contributed by atoms with Crippen molar-refractivity contribution in [3.05, 3.63) is 35.9 Å². The smallest absolute Gasteiger partial charge is 0.0992 e. The molecule has 0 unspecified atom stereocenters. The minimum atomic E-state index is 0.700. The predicted molar refractivity (Wildman–Crippen MR) is 54.4 cm³/mol. The highest BCUT2D eigenvalue weighted by Gasteiger charge is 1.94. The van der Waals surface area contributed by atoms with Gasteiger partial charge < -0.3 is 4.74 Å². The molecule has 1 aromatic carbocycles. The van der Waals surface area contributed by atoms with Gasteiger partial charge in [-0.2, -0.15) is 0 Å². The van der Waals surface area contributed by atoms with E-state index in [1.54, 1.807) is 0 Å². The molecule has 0 saturated carbocycles. The van der Waals surface area contributed by atoms with E-state index in [0.29, 0.717) is 13.3 Å². The van der Waals surface area contributed by atoms with Crippen molar-refractivity contribution < 1.29 is 4.74 Å². The van der Waals surface area contributed by atoms with Crippen LogP contribution < -0.4 is 0 Å². The van der Waals surface area contributed by atoms with Gasteiger partial charge in [0.25, 0.3) is 0 Å². The van der Waals surface area contributed by atoms with Crippen LogP contribution in [0, 0.1) is 0 Å². The minimum Gasteiger partial charge on any atom is -0.361 e. The maximum Gasteiger partial charge on any atom is 0.0992 e. The molecule has 0 aliphatic carbocycles. The van der Waals surface area contributed by atoms with Gasteiger partial charge in [0.2, 0.25) is 0 Å². The molecule has 1 rings (SSSR count). The third-order valence-corrected chi connectivity index (χ3v) is 1.96. The summed E-state index contributed by atoms with van der Waals surface area (Å²) in [6.07, 6.45) is 0. The van der Waals surface area contributed by atoms with Crippen molar-refractivity contribution in [1.29, 1.82) is 0 Å². The lowest BCUT2D eigenvalue weighted by Crippen LogP contribution is -2.20. The molecular formula is C11H17NO. The Kier molecular flexibility index (Phi) is 4.50. The van der Waals surface area contributed by atoms with Crippen molar-refractivity contribution in [1.82, 2.24) is 4.90 Å². The normalized spacial score (nSPS) is 10.7. The first-order valence-corrected chi connectivity index (χ1v) is 4.63. The van der Waals surface area contributed by atoms with E-state index in [9.17, 15) is 0 Å². The molecule has 0 N–H and O–H groups in total. The summed E-state index contributed by atoms with van der Waals surface area (Å²) < 4.78 is 5.50. The quantitative estimate of drug-likeness (QED) is 0.642. The van der Waals surface area contributed by atoms with E-state index in [4.69, 9.17) is 4.74 Å². The Morgan fingerprint density at radius 1 is 1.23 bits per heavy atom. The SMILES string of the molecule is CCN(C)COCc1ccccc1. The molecule has 0 aliphatic heterocycles. The maximum atomic E-state index is 5.50. The van der Waals surface area contributed by atoms with E-state index >= 15 is 0 Å². The molecule has 0 bridgehead atoms. The van der Waals surface area contributed by atoms with E-state index in [0.717, 1.165) is 6.54 Å². The zero-order valence-electron chi connectivity index (χ0n) is 8.36. The van der Waals surface area contributed by atoms with Crippen LogP contribution in [0.3, 0.4) is 0 Å². The van der Waals surface area contributed by atoms with Crippen LogP contribution in [-0.4, -0.2) is 25.2 Å². The Bertz CT molecular complexity index is 223. The van der Waals surface area contributed by atoms with E-state index < -0.39 is 0 Å². The van der Waals surface area contributed by atoms with Gasteiger partial charge in [0.05, 0.1) is 13.3 Å². The number of nitrogens with zero attached hydrogens (tertiary/aromatic N) is 1. The molecule has 0 aliphatic rings. The molecule has 0 spiro atoms. The van der Waals surface area contributed by atoms with Crippen molar-refractivity contribution in [3.63, 3.8) is 0 Å². The van der Waals surface area contributed by atoms with Gasteiger partial charge in [-0.1, -0.05) is 37.3 Å². The summed E-state index contributed by atoms with van der Waals surface area (Å²) >= 11 is 0. The summed E-state index contributed by atoms with van der Waals surface area (Å²) in [5.41, 5.74) is 1.23. The van der Waals surface area contributed by atoms with E-state index in [1.807, 2.05) is 25.2 Å². The van der Waals surface area contributed by atoms with Crippen LogP contribution in [-0.2, 0) is 11.3 Å². The van der Waals surface area contributed by atoms with Gasteiger partial charge >= 0.3 is 0 Å². The average Bonchev–Trinajstić information content (AvgIpc) is 2.19. The largest absolute Gasteiger partial charge is 0.361 e. The lowest BCUT2D eigenvalue weighted by molar-refractivity contribution is 0.0350. The molecule has 0 saturated heterocycles. The van der Waals surface area contributed by atoms with Crippen LogP contribution in [0.5, 0.6) is 0 Å². The Morgan fingerprint density at radius 3 is 2.54 bits per heavy atom. The van der Waals surface area contributed by atoms with Gasteiger partial charge in [-0.3, -0.25) is 4.90 Å². The van der Waals surface area contributed by atoms with Crippen LogP contribution in [0.15, 0.2) is 30.3 Å². The Balaban J connectivity index is 2.20. The molecule has 0 heterocycles. The second-order valence-electron chi connectivity index (χ2n) is 3.14. The summed E-state index contributed by atoms with van der Waals surface area (Å²) in [5.74, 6) is 0. The third-order valence-electron chi connectivity index (χ3n) is 1.96. The fraction of sp³-hybridized carbons (Fsp3) is 0.455. The number of rotatable bonds is 5. The van der Waals surface area contributed by atoms with Crippen LogP contribution in [0.25, 0.3) is 0 Å². The van der Waals surface area contributed by atoms with Crippen LogP contribution in [0.4, 0.5) is 0 Å². The fourth-order valence-corrected chi connectivity index (χ4v) is 0.985. The number of benzene rings is 1. The Hall–Kier alpha value is -0.860. The summed E-state index contributed by atoms with van der Waals surface area (Å²) in [4.78, 5) is 2.13. The van der Waals surface area contributed by atoms with Crippen LogP contribution in [0.2, 0.25) is 0 Å². The monoisotopic (exact) mass is 179 g/mol. The van der Waals surface area contributed by atoms with Crippen molar-refractivity contribution in [2.75, 3.05) is 20.3 Å². The second kappa shape index (κ2) is 5.73. The first-order valence-electron chi connectivity index (χ1n) is 4.63. The van der Waals surface area contributed by atoms with Gasteiger partial charge in [0.15, 0.2) is 0 Å². The summed E-state index contributed by atoms with van der Waals surface area (Å²) in [7, 11) is 2.05. The van der Waals surface area contributed by atoms with Gasteiger partial charge in [-0.25, -0.2) is 0 Å². The summed E-state index contributed by atoms with van der Waals surface area (Å²) in [6, 6.07) is 10.2. The second-order valence-corrected chi connectivity index (χ2v) is 3.14. The Labute approximate surface area is 80.1 Å². The molecule has 0 radical (unpaired) electrons. The van der Waals surface area contributed by atoms with Crippen molar-refractivity contribution in [2.45, 2.75) is 13.5 Å². The minimum absolute atomic E-state index is 0.700. The van der Waals surface area contributed by atoms with Crippen molar-refractivity contribution in [2.24, 2.45) is 0 Å². The molecule has 1 aromatic rings. The van der Waals surface area contributed by atoms with E-state index in [1.165, 1.54) is 5.56 Å². The topological polar surface area (TPSA) is 12.5 Å². The summed E-state index contributed by atoms with van der Waals surface area (Å²) in [5, 5.41) is 0. The lowest BCUT2D eigenvalue weighted by atomic mass is 10.2. The highest BCUT2D eigenvalue weighted by molar-refractivity contribution is 5.13. The number of ether oxygens (including phenoxy) is 1. The van der Waals surface area contributed by atoms with Gasteiger partial charge in [-0.15, -0.1) is 0 Å². The molecule has 0 amide bonds. The van der Waals surface area contributed by atoms with Crippen LogP contribution in [0.1, 0.15) is 12.5 Å². The van der Waals surface area contributed by atoms with Crippen molar-refractivity contribution >= 4 is 0 Å². The predicted octanol–water partition coefficient (Wildman–Crippen LogP) is 2.11. The highest BCUT2D eigenvalue weighted by atomic mass is 16.5. The first-order chi connectivity index (χ1) is 6.33. The zero-order valence-corrected chi connectivity index (χ0v) is 8.36. The third kappa shape index (κ3) is 4.06. The lowest BCUT2D eigenvalue weighted by Gasteiger charge is -2.13. The number of hydrogen-bond donors (Lipinski definition) is 0. The molecule has 0 aromatic heterocycles. The maximum absolute atomic E-state index is 5.50. The Morgan fingerprint density at radius 2 is 1.92 bits per heavy atom. The highest BCUT2D eigenvalue weighted by Crippen LogP contribution is 2.00. The fourth-order valence-electron chi connectivity index (χ4n) is 0.985. The standard InChI is InChI=1S/C11H17NO/c1-3-12(2)10-13-9-11-7-5-4-6-8-11/h4-8H,3,9-10H2,1-2H3. The molecule has 2 nitrogen and oxygen atoms in total. The average molecular weight is 179 g/mol. The van der Waals surface area contributed by atoms with E-state index in [-0.39, 0.29) is 0 Å². The molecule has 2 heteroatoms. The number of hydrogen-bond acceptors (Lipinski definition) is 2. The molecule has 13 heavy (non-hydrogen) atoms. The molecule has 0 atom stereocenters. The van der Waals surface area contributed by atoms with Crippen molar-refractivity contribution in [3.8, 4) is 0 Å². The molecule has 72 valence electrons.